The maximum atomic E-state index is 2.33. The minimum absolute atomic E-state index is 1.07. The molecule has 0 amide bonds. The molecule has 1 heterocycles. The lowest BCUT2D eigenvalue weighted by Gasteiger charge is -2.10. The third-order valence-electron chi connectivity index (χ3n) is 3.97. The molecular weight excluding hydrogens is 284 g/mol. The fraction of sp³-hybridized carbons (Fsp3) is 0.333. The number of hydrogen-bond donors (Lipinski definition) is 0. The Hall–Kier alpha value is -1.60. The van der Waals surface area contributed by atoms with Gasteiger partial charge in [-0.05, 0) is 61.8 Å². The molecule has 0 unspecified atom stereocenters. The molecule has 116 valence electrons. The number of aryl methyl sites for hydroxylation is 2. The minimum atomic E-state index is 1.07. The summed E-state index contributed by atoms with van der Waals surface area (Å²) in [5.41, 5.74) is 7.08. The van der Waals surface area contributed by atoms with Crippen molar-refractivity contribution in [3.63, 3.8) is 0 Å². The van der Waals surface area contributed by atoms with E-state index < -0.39 is 0 Å². The van der Waals surface area contributed by atoms with E-state index in [0.717, 1.165) is 6.42 Å². The Morgan fingerprint density at radius 1 is 1.14 bits per heavy atom. The Labute approximate surface area is 139 Å². The molecule has 0 saturated carbocycles. The molecule has 1 aromatic carbocycles. The van der Waals surface area contributed by atoms with Crippen molar-refractivity contribution in [2.24, 2.45) is 0 Å². The van der Waals surface area contributed by atoms with Crippen molar-refractivity contribution in [2.45, 2.75) is 47.0 Å². The van der Waals surface area contributed by atoms with Crippen LogP contribution in [-0.4, -0.2) is 0 Å². The van der Waals surface area contributed by atoms with Gasteiger partial charge in [-0.2, -0.15) is 0 Å². The maximum absolute atomic E-state index is 2.33. The van der Waals surface area contributed by atoms with Crippen LogP contribution in [-0.2, 0) is 6.42 Å². The van der Waals surface area contributed by atoms with Crippen LogP contribution < -0.4 is 0 Å². The minimum Gasteiger partial charge on any atom is -0.144 e. The zero-order chi connectivity index (χ0) is 15.9. The van der Waals surface area contributed by atoms with Gasteiger partial charge in [0.2, 0.25) is 0 Å². The Balaban J connectivity index is 2.20. The quantitative estimate of drug-likeness (QED) is 0.518. The van der Waals surface area contributed by atoms with Crippen molar-refractivity contribution in [1.29, 1.82) is 0 Å². The van der Waals surface area contributed by atoms with Gasteiger partial charge in [0, 0.05) is 4.88 Å². The predicted octanol–water partition coefficient (Wildman–Crippen LogP) is 6.74. The summed E-state index contributed by atoms with van der Waals surface area (Å²) in [6.45, 7) is 8.84. The van der Waals surface area contributed by atoms with E-state index >= 15 is 0 Å². The monoisotopic (exact) mass is 310 g/mol. The average Bonchev–Trinajstić information content (AvgIpc) is 3.03. The topological polar surface area (TPSA) is 0 Å². The first-order valence-corrected chi connectivity index (χ1v) is 8.94. The summed E-state index contributed by atoms with van der Waals surface area (Å²) >= 11 is 1.81. The second kappa shape index (κ2) is 8.14. The van der Waals surface area contributed by atoms with E-state index in [0.29, 0.717) is 0 Å². The van der Waals surface area contributed by atoms with Crippen LogP contribution in [0.25, 0.3) is 5.57 Å². The molecule has 0 aliphatic heterocycles. The Bertz CT molecular complexity index is 657. The van der Waals surface area contributed by atoms with Gasteiger partial charge in [0.1, 0.15) is 0 Å². The summed E-state index contributed by atoms with van der Waals surface area (Å²) < 4.78 is 0. The summed E-state index contributed by atoms with van der Waals surface area (Å²) in [5, 5.41) is 2.14. The molecule has 0 nitrogen and oxygen atoms in total. The molecule has 2 rings (SSSR count). The standard InChI is InChI=1S/C21H26S/c1-5-7-19(12-11-18(4)21-8-6-13-22-21)15-20-14-16(2)9-10-17(20)3/h6,8-14H,5,7,15H2,1-4H3/b18-11+,19-12+. The van der Waals surface area contributed by atoms with Crippen molar-refractivity contribution < 1.29 is 0 Å². The highest BCUT2D eigenvalue weighted by atomic mass is 32.1. The molecule has 1 aromatic heterocycles. The second-order valence-corrected chi connectivity index (χ2v) is 6.96. The third-order valence-corrected chi connectivity index (χ3v) is 4.98. The van der Waals surface area contributed by atoms with E-state index in [-0.39, 0.29) is 0 Å². The molecule has 0 spiro atoms. The summed E-state index contributed by atoms with van der Waals surface area (Å²) in [6, 6.07) is 11.1. The zero-order valence-corrected chi connectivity index (χ0v) is 15.0. The van der Waals surface area contributed by atoms with Gasteiger partial charge in [-0.25, -0.2) is 0 Å². The van der Waals surface area contributed by atoms with Crippen molar-refractivity contribution in [3.8, 4) is 0 Å². The number of rotatable bonds is 6. The normalized spacial score (nSPS) is 12.7. The molecule has 0 saturated heterocycles. The second-order valence-electron chi connectivity index (χ2n) is 6.01. The summed E-state index contributed by atoms with van der Waals surface area (Å²) in [6.07, 6.45) is 8.04. The lowest BCUT2D eigenvalue weighted by Crippen LogP contribution is -1.95. The SMILES string of the molecule is CCC/C(=C\C=C(/C)c1cccs1)Cc1cc(C)ccc1C. The van der Waals surface area contributed by atoms with Crippen LogP contribution in [0.15, 0.2) is 53.4 Å². The first kappa shape index (κ1) is 16.8. The van der Waals surface area contributed by atoms with Crippen LogP contribution in [0.5, 0.6) is 0 Å². The summed E-state index contributed by atoms with van der Waals surface area (Å²) in [5.74, 6) is 0. The van der Waals surface area contributed by atoms with Crippen LogP contribution in [0.3, 0.4) is 0 Å². The van der Waals surface area contributed by atoms with E-state index in [1.54, 1.807) is 11.3 Å². The summed E-state index contributed by atoms with van der Waals surface area (Å²) in [7, 11) is 0. The molecule has 0 N–H and O–H groups in total. The van der Waals surface area contributed by atoms with Crippen LogP contribution in [0.4, 0.5) is 0 Å². The molecule has 0 atom stereocenters. The highest BCUT2D eigenvalue weighted by Gasteiger charge is 2.03. The molecule has 0 radical (unpaired) electrons. The first-order chi connectivity index (χ1) is 10.6. The molecule has 0 bridgehead atoms. The predicted molar refractivity (Wildman–Crippen MR) is 101 cm³/mol. The van der Waals surface area contributed by atoms with Crippen molar-refractivity contribution >= 4 is 16.9 Å². The highest BCUT2D eigenvalue weighted by Crippen LogP contribution is 2.22. The molecule has 1 heteroatoms. The van der Waals surface area contributed by atoms with Gasteiger partial charge in [-0.3, -0.25) is 0 Å². The average molecular weight is 311 g/mol. The van der Waals surface area contributed by atoms with Crippen molar-refractivity contribution in [3.05, 3.63) is 75.0 Å². The van der Waals surface area contributed by atoms with Gasteiger partial charge < -0.3 is 0 Å². The lowest BCUT2D eigenvalue weighted by molar-refractivity contribution is 0.868. The molecule has 2 aromatic rings. The van der Waals surface area contributed by atoms with E-state index in [9.17, 15) is 0 Å². The van der Waals surface area contributed by atoms with Gasteiger partial charge in [0.25, 0.3) is 0 Å². The van der Waals surface area contributed by atoms with E-state index in [1.165, 1.54) is 45.6 Å². The Morgan fingerprint density at radius 3 is 2.64 bits per heavy atom. The van der Waals surface area contributed by atoms with Gasteiger partial charge >= 0.3 is 0 Å². The number of thiophene rings is 1. The molecule has 0 fully saturated rings. The Morgan fingerprint density at radius 2 is 1.95 bits per heavy atom. The van der Waals surface area contributed by atoms with Gasteiger partial charge in [-0.1, -0.05) is 60.9 Å². The van der Waals surface area contributed by atoms with Crippen LogP contribution >= 0.6 is 11.3 Å². The van der Waals surface area contributed by atoms with Gasteiger partial charge in [0.05, 0.1) is 0 Å². The van der Waals surface area contributed by atoms with E-state index in [2.05, 4.69) is 75.6 Å². The first-order valence-electron chi connectivity index (χ1n) is 8.06. The fourth-order valence-electron chi connectivity index (χ4n) is 2.62. The largest absolute Gasteiger partial charge is 0.144 e. The smallest absolute Gasteiger partial charge is 0.0299 e. The number of hydrogen-bond acceptors (Lipinski definition) is 1. The molecular formula is C21H26S. The third kappa shape index (κ3) is 4.71. The van der Waals surface area contributed by atoms with Crippen molar-refractivity contribution in [1.82, 2.24) is 0 Å². The van der Waals surface area contributed by atoms with Crippen LogP contribution in [0.1, 0.15) is 48.3 Å². The number of allylic oxidation sites excluding steroid dienone is 4. The highest BCUT2D eigenvalue weighted by molar-refractivity contribution is 7.11. The van der Waals surface area contributed by atoms with E-state index in [4.69, 9.17) is 0 Å². The number of benzene rings is 1. The molecule has 0 aliphatic rings. The van der Waals surface area contributed by atoms with Gasteiger partial charge in [-0.15, -0.1) is 11.3 Å². The zero-order valence-electron chi connectivity index (χ0n) is 14.1. The van der Waals surface area contributed by atoms with Crippen LogP contribution in [0, 0.1) is 13.8 Å². The fourth-order valence-corrected chi connectivity index (χ4v) is 3.33. The lowest BCUT2D eigenvalue weighted by atomic mass is 9.96. The Kier molecular flexibility index (Phi) is 6.21. The van der Waals surface area contributed by atoms with Crippen LogP contribution in [0.2, 0.25) is 0 Å². The molecule has 0 aliphatic carbocycles. The van der Waals surface area contributed by atoms with Gasteiger partial charge in [0.15, 0.2) is 0 Å². The maximum Gasteiger partial charge on any atom is 0.0299 e. The van der Waals surface area contributed by atoms with E-state index in [1.807, 2.05) is 0 Å². The summed E-state index contributed by atoms with van der Waals surface area (Å²) in [4.78, 5) is 1.36. The molecule has 22 heavy (non-hydrogen) atoms. The van der Waals surface area contributed by atoms with Crippen molar-refractivity contribution in [2.75, 3.05) is 0 Å².